The molecule has 2 fully saturated rings. The molecule has 3 aromatic rings. The van der Waals surface area contributed by atoms with E-state index in [4.69, 9.17) is 4.42 Å². The zero-order valence-electron chi connectivity index (χ0n) is 19.6. The van der Waals surface area contributed by atoms with Gasteiger partial charge in [0.05, 0.1) is 5.71 Å². The molecule has 34 heavy (non-hydrogen) atoms. The summed E-state index contributed by atoms with van der Waals surface area (Å²) in [6, 6.07) is 4.31. The van der Waals surface area contributed by atoms with E-state index in [1.54, 1.807) is 12.6 Å². The molecule has 2 saturated carbocycles. The highest BCUT2D eigenvalue weighted by Gasteiger charge is 2.57. The van der Waals surface area contributed by atoms with E-state index in [-0.39, 0.29) is 11.3 Å². The lowest BCUT2D eigenvalue weighted by atomic mass is 9.54. The SMILES string of the molecule is Cc1cnc(NC(=O)CC[C@@H]2CC(=NO)[C@@]3(C)CCC4c5ccc6ocnc6c5CCC4C23)s1. The van der Waals surface area contributed by atoms with Crippen LogP contribution in [0.3, 0.4) is 0 Å². The average molecular weight is 479 g/mol. The Morgan fingerprint density at radius 3 is 3.03 bits per heavy atom. The molecule has 1 aromatic carbocycles. The number of amides is 1. The molecule has 1 amide bonds. The number of thiazole rings is 1. The van der Waals surface area contributed by atoms with Crippen molar-refractivity contribution in [2.24, 2.45) is 28.3 Å². The maximum atomic E-state index is 12.7. The van der Waals surface area contributed by atoms with Crippen molar-refractivity contribution in [1.29, 1.82) is 0 Å². The summed E-state index contributed by atoms with van der Waals surface area (Å²) in [4.78, 5) is 22.5. The minimum absolute atomic E-state index is 0.0141. The first kappa shape index (κ1) is 21.8. The second-order valence-electron chi connectivity index (χ2n) is 10.5. The maximum Gasteiger partial charge on any atom is 0.226 e. The molecule has 3 aliphatic rings. The third-order valence-electron chi connectivity index (χ3n) is 8.81. The number of hydrogen-bond donors (Lipinski definition) is 2. The van der Waals surface area contributed by atoms with Crippen LogP contribution < -0.4 is 5.32 Å². The van der Waals surface area contributed by atoms with E-state index in [1.807, 2.05) is 6.92 Å². The Morgan fingerprint density at radius 1 is 1.35 bits per heavy atom. The highest BCUT2D eigenvalue weighted by Crippen LogP contribution is 2.62. The maximum absolute atomic E-state index is 12.7. The number of aryl methyl sites for hydroxylation is 2. The summed E-state index contributed by atoms with van der Waals surface area (Å²) in [6.45, 7) is 4.27. The van der Waals surface area contributed by atoms with Gasteiger partial charge >= 0.3 is 0 Å². The largest absolute Gasteiger partial charge is 0.443 e. The number of nitrogens with one attached hydrogen (secondary N) is 1. The van der Waals surface area contributed by atoms with Crippen LogP contribution in [0.5, 0.6) is 0 Å². The number of aromatic nitrogens is 2. The smallest absolute Gasteiger partial charge is 0.226 e. The Kier molecular flexibility index (Phi) is 5.24. The lowest BCUT2D eigenvalue weighted by Crippen LogP contribution is -2.44. The second-order valence-corrected chi connectivity index (χ2v) is 11.7. The van der Waals surface area contributed by atoms with Gasteiger partial charge in [0, 0.05) is 22.9 Å². The summed E-state index contributed by atoms with van der Waals surface area (Å²) < 4.78 is 5.55. The number of fused-ring (bicyclic) bond motifs is 7. The van der Waals surface area contributed by atoms with Crippen molar-refractivity contribution in [3.05, 3.63) is 40.7 Å². The molecular formula is C26H30N4O3S. The summed E-state index contributed by atoms with van der Waals surface area (Å²) in [6.07, 6.45) is 9.56. The predicted octanol–water partition coefficient (Wildman–Crippen LogP) is 5.92. The third-order valence-corrected chi connectivity index (χ3v) is 9.64. The topological polar surface area (TPSA) is 101 Å². The van der Waals surface area contributed by atoms with Gasteiger partial charge in [-0.3, -0.25) is 4.79 Å². The van der Waals surface area contributed by atoms with E-state index in [1.165, 1.54) is 22.5 Å². The van der Waals surface area contributed by atoms with Crippen LogP contribution in [0.2, 0.25) is 0 Å². The Labute approximate surface area is 202 Å². The van der Waals surface area contributed by atoms with Gasteiger partial charge in [0.25, 0.3) is 0 Å². The number of oxazole rings is 1. The van der Waals surface area contributed by atoms with Crippen molar-refractivity contribution in [2.75, 3.05) is 5.32 Å². The van der Waals surface area contributed by atoms with Gasteiger partial charge in [0.2, 0.25) is 5.91 Å². The molecule has 8 heteroatoms. The molecule has 5 atom stereocenters. The minimum Gasteiger partial charge on any atom is -0.443 e. The highest BCUT2D eigenvalue weighted by atomic mass is 32.1. The van der Waals surface area contributed by atoms with Crippen LogP contribution in [0.15, 0.2) is 34.3 Å². The van der Waals surface area contributed by atoms with Crippen molar-refractivity contribution in [1.82, 2.24) is 9.97 Å². The van der Waals surface area contributed by atoms with Gasteiger partial charge in [0.15, 0.2) is 17.1 Å². The second kappa shape index (κ2) is 8.18. The van der Waals surface area contributed by atoms with Crippen LogP contribution in [0, 0.1) is 30.1 Å². The van der Waals surface area contributed by atoms with E-state index in [0.717, 1.165) is 60.2 Å². The van der Waals surface area contributed by atoms with Gasteiger partial charge in [-0.15, -0.1) is 11.3 Å². The van der Waals surface area contributed by atoms with Gasteiger partial charge in [0.1, 0.15) is 5.52 Å². The van der Waals surface area contributed by atoms with Crippen molar-refractivity contribution >= 4 is 39.2 Å². The molecule has 7 nitrogen and oxygen atoms in total. The van der Waals surface area contributed by atoms with E-state index in [9.17, 15) is 10.0 Å². The van der Waals surface area contributed by atoms with Crippen LogP contribution in [-0.2, 0) is 11.2 Å². The summed E-state index contributed by atoms with van der Waals surface area (Å²) in [7, 11) is 0. The Balaban J connectivity index is 1.25. The predicted molar refractivity (Wildman–Crippen MR) is 131 cm³/mol. The molecule has 2 heterocycles. The van der Waals surface area contributed by atoms with E-state index in [0.29, 0.717) is 35.2 Å². The van der Waals surface area contributed by atoms with Crippen LogP contribution in [-0.4, -0.2) is 26.8 Å². The van der Waals surface area contributed by atoms with Gasteiger partial charge in [-0.05, 0) is 86.3 Å². The zero-order valence-corrected chi connectivity index (χ0v) is 20.4. The van der Waals surface area contributed by atoms with Gasteiger partial charge in [-0.2, -0.15) is 0 Å². The number of anilines is 1. The number of carbonyl (C=O) groups excluding carboxylic acids is 1. The highest BCUT2D eigenvalue weighted by molar-refractivity contribution is 7.15. The standard InChI is InChI=1S/C26H30N4O3S/c1-14-12-27-25(34-14)29-22(31)8-3-15-11-21(30-32)26(2)10-9-17-16-6-7-20-24(28-13-33-20)19(16)5-4-18(17)23(15)26/h6-7,12-13,15,17-18,23,32H,3-5,8-11H2,1-2H3,(H,27,29,31)/t15-,17?,18?,23?,26-/m1/s1. The summed E-state index contributed by atoms with van der Waals surface area (Å²) in [5.74, 6) is 1.76. The van der Waals surface area contributed by atoms with Crippen LogP contribution in [0.4, 0.5) is 5.13 Å². The monoisotopic (exact) mass is 478 g/mol. The molecular weight excluding hydrogens is 448 g/mol. The number of nitrogens with zero attached hydrogens (tertiary/aromatic N) is 3. The zero-order chi connectivity index (χ0) is 23.4. The summed E-state index contributed by atoms with van der Waals surface area (Å²) in [5.41, 5.74) is 5.48. The first-order chi connectivity index (χ1) is 16.5. The molecule has 2 N–H and O–H groups in total. The fraction of sp³-hybridized carbons (Fsp3) is 0.538. The van der Waals surface area contributed by atoms with E-state index in [2.05, 4.69) is 39.5 Å². The first-order valence-electron chi connectivity index (χ1n) is 12.3. The normalized spacial score (nSPS) is 31.3. The molecule has 178 valence electrons. The van der Waals surface area contributed by atoms with Crippen LogP contribution >= 0.6 is 11.3 Å². The molecule has 0 saturated heterocycles. The lowest BCUT2D eigenvalue weighted by molar-refractivity contribution is -0.116. The van der Waals surface area contributed by atoms with E-state index < -0.39 is 0 Å². The van der Waals surface area contributed by atoms with Crippen LogP contribution in [0.25, 0.3) is 11.1 Å². The van der Waals surface area contributed by atoms with Gasteiger partial charge < -0.3 is 14.9 Å². The molecule has 0 aliphatic heterocycles. The fourth-order valence-electron chi connectivity index (χ4n) is 7.41. The summed E-state index contributed by atoms with van der Waals surface area (Å²) >= 11 is 1.50. The number of carbonyl (C=O) groups is 1. The van der Waals surface area contributed by atoms with Crippen molar-refractivity contribution < 1.29 is 14.4 Å². The quantitative estimate of drug-likeness (QED) is 0.358. The molecule has 3 aliphatic carbocycles. The molecule has 0 bridgehead atoms. The lowest BCUT2D eigenvalue weighted by Gasteiger charge is -2.50. The number of oxime groups is 1. The first-order valence-corrected chi connectivity index (χ1v) is 13.1. The fourth-order valence-corrected chi connectivity index (χ4v) is 8.09. The van der Waals surface area contributed by atoms with Gasteiger partial charge in [-0.1, -0.05) is 18.1 Å². The molecule has 3 unspecified atom stereocenters. The Morgan fingerprint density at radius 2 is 2.24 bits per heavy atom. The average Bonchev–Trinajstić information content (AvgIpc) is 3.54. The van der Waals surface area contributed by atoms with Crippen molar-refractivity contribution in [3.63, 3.8) is 0 Å². The number of hydrogen-bond acceptors (Lipinski definition) is 7. The summed E-state index contributed by atoms with van der Waals surface area (Å²) in [5, 5.41) is 17.3. The molecule has 6 rings (SSSR count). The minimum atomic E-state index is -0.0982. The Bertz CT molecular complexity index is 1280. The van der Waals surface area contributed by atoms with E-state index >= 15 is 0 Å². The van der Waals surface area contributed by atoms with Crippen molar-refractivity contribution in [2.45, 2.75) is 64.7 Å². The Hall–Kier alpha value is -2.74. The van der Waals surface area contributed by atoms with Gasteiger partial charge in [-0.25, -0.2) is 9.97 Å². The third kappa shape index (κ3) is 3.37. The van der Waals surface area contributed by atoms with Crippen LogP contribution in [0.1, 0.15) is 67.4 Å². The molecule has 0 radical (unpaired) electrons. The number of benzene rings is 1. The van der Waals surface area contributed by atoms with Crippen molar-refractivity contribution in [3.8, 4) is 0 Å². The molecule has 0 spiro atoms. The number of rotatable bonds is 4. The molecule has 2 aromatic heterocycles.